The summed E-state index contributed by atoms with van der Waals surface area (Å²) >= 11 is 0. The number of hydrogen-bond acceptors (Lipinski definition) is 5. The van der Waals surface area contributed by atoms with Crippen LogP contribution < -0.4 is 21.3 Å². The van der Waals surface area contributed by atoms with Gasteiger partial charge < -0.3 is 31.1 Å². The molecule has 0 saturated heterocycles. The minimum absolute atomic E-state index is 0.225. The number of hydrogen-bond donors (Lipinski definition) is 5. The summed E-state index contributed by atoms with van der Waals surface area (Å²) in [4.78, 5) is 48.8. The Bertz CT molecular complexity index is 1140. The summed E-state index contributed by atoms with van der Waals surface area (Å²) in [6, 6.07) is 17.4. The fraction of sp³-hybridized carbons (Fsp3) is 0.529. The number of carbonyl (C=O) groups is 4. The van der Waals surface area contributed by atoms with Crippen molar-refractivity contribution < 1.29 is 29.0 Å². The highest BCUT2D eigenvalue weighted by Crippen LogP contribution is 2.10. The third kappa shape index (κ3) is 16.5. The van der Waals surface area contributed by atoms with Crippen LogP contribution in [0, 0.1) is 0 Å². The van der Waals surface area contributed by atoms with Crippen molar-refractivity contribution in [3.05, 3.63) is 71.8 Å². The Kier molecular flexibility index (Phi) is 16.4. The predicted molar refractivity (Wildman–Crippen MR) is 171 cm³/mol. The van der Waals surface area contributed by atoms with Gasteiger partial charge in [-0.1, -0.05) is 99.2 Å². The zero-order valence-corrected chi connectivity index (χ0v) is 26.4. The molecule has 10 heteroatoms. The van der Waals surface area contributed by atoms with Gasteiger partial charge in [-0.25, -0.2) is 9.59 Å². The highest BCUT2D eigenvalue weighted by Gasteiger charge is 2.24. The molecule has 0 spiro atoms. The molecule has 0 aliphatic carbocycles. The van der Waals surface area contributed by atoms with E-state index in [1.165, 1.54) is 0 Å². The van der Waals surface area contributed by atoms with Crippen molar-refractivity contribution in [2.75, 3.05) is 13.1 Å². The number of amides is 4. The van der Waals surface area contributed by atoms with Crippen LogP contribution in [0.5, 0.6) is 0 Å². The molecule has 4 amide bonds. The Morgan fingerprint density at radius 2 is 1.02 bits per heavy atom. The van der Waals surface area contributed by atoms with Crippen molar-refractivity contribution in [3.8, 4) is 0 Å². The number of nitrogens with one attached hydrogen (secondary N) is 4. The number of alkyl carbamates (subject to hydrolysis) is 1. The van der Waals surface area contributed by atoms with Gasteiger partial charge in [0.25, 0.3) is 0 Å². The molecule has 0 heterocycles. The van der Waals surface area contributed by atoms with Crippen LogP contribution >= 0.6 is 0 Å². The minimum atomic E-state index is -1.22. The molecule has 0 bridgehead atoms. The fourth-order valence-corrected chi connectivity index (χ4v) is 4.70. The molecule has 10 nitrogen and oxygen atoms in total. The molecular formula is C34H50N4O6. The molecule has 2 aromatic carbocycles. The molecule has 0 aromatic heterocycles. The molecule has 5 N–H and O–H groups in total. The minimum Gasteiger partial charge on any atom is -0.465 e. The Balaban J connectivity index is 1.57. The summed E-state index contributed by atoms with van der Waals surface area (Å²) in [5, 5.41) is 19.9. The van der Waals surface area contributed by atoms with Crippen LogP contribution in [0.1, 0.15) is 83.3 Å². The zero-order chi connectivity index (χ0) is 32.2. The van der Waals surface area contributed by atoms with E-state index in [1.807, 2.05) is 60.7 Å². The topological polar surface area (TPSA) is 146 Å². The van der Waals surface area contributed by atoms with E-state index in [0.717, 1.165) is 62.5 Å². The SMILES string of the molecule is CC(C)(C)OC(=O)N[C@@H](Cc1ccccc1)C(=O)NCCCCCCCCCCNC(=O)[C@H](Cc1ccccc1)NC(=O)O. The second-order valence-corrected chi connectivity index (χ2v) is 12.0. The van der Waals surface area contributed by atoms with Gasteiger partial charge in [0.15, 0.2) is 0 Å². The van der Waals surface area contributed by atoms with Crippen LogP contribution in [0.2, 0.25) is 0 Å². The van der Waals surface area contributed by atoms with Crippen LogP contribution in [-0.4, -0.2) is 59.9 Å². The number of ether oxygens (including phenoxy) is 1. The third-order valence-corrected chi connectivity index (χ3v) is 6.89. The van der Waals surface area contributed by atoms with Crippen LogP contribution in [0.15, 0.2) is 60.7 Å². The maximum absolute atomic E-state index is 12.9. The second kappa shape index (κ2) is 20.0. The smallest absolute Gasteiger partial charge is 0.408 e. The Hall–Kier alpha value is -4.08. The van der Waals surface area contributed by atoms with Crippen LogP contribution in [-0.2, 0) is 27.2 Å². The highest BCUT2D eigenvalue weighted by atomic mass is 16.6. The summed E-state index contributed by atoms with van der Waals surface area (Å²) in [5.74, 6) is -0.535. The highest BCUT2D eigenvalue weighted by molar-refractivity contribution is 5.86. The monoisotopic (exact) mass is 610 g/mol. The normalized spacial score (nSPS) is 12.4. The number of rotatable bonds is 19. The number of benzene rings is 2. The van der Waals surface area contributed by atoms with E-state index in [4.69, 9.17) is 9.84 Å². The molecular weight excluding hydrogens is 560 g/mol. The van der Waals surface area contributed by atoms with Gasteiger partial charge in [0.2, 0.25) is 11.8 Å². The summed E-state index contributed by atoms with van der Waals surface area (Å²) in [5.41, 5.74) is 1.20. The Morgan fingerprint density at radius 1 is 0.636 bits per heavy atom. The lowest BCUT2D eigenvalue weighted by atomic mass is 10.0. The molecule has 2 rings (SSSR count). The number of carbonyl (C=O) groups excluding carboxylic acids is 3. The molecule has 0 fully saturated rings. The molecule has 2 atom stereocenters. The molecule has 0 aliphatic heterocycles. The van der Waals surface area contributed by atoms with Gasteiger partial charge in [-0.3, -0.25) is 9.59 Å². The number of unbranched alkanes of at least 4 members (excludes halogenated alkanes) is 7. The standard InChI is InChI=1S/C34H50N4O6/c1-34(2,3)44-33(43)38-29(25-27-20-14-11-15-21-27)31(40)36-23-17-9-7-5-4-6-8-16-22-35-30(39)28(37-32(41)42)24-26-18-12-10-13-19-26/h10-15,18-21,28-29,37H,4-9,16-17,22-25H2,1-3H3,(H,35,39)(H,36,40)(H,38,43)(H,41,42)/t28-,29-/m0/s1. The lowest BCUT2D eigenvalue weighted by molar-refractivity contribution is -0.123. The zero-order valence-electron chi connectivity index (χ0n) is 26.4. The van der Waals surface area contributed by atoms with Gasteiger partial charge in [0.05, 0.1) is 0 Å². The first-order chi connectivity index (χ1) is 21.0. The molecule has 0 saturated carbocycles. The summed E-state index contributed by atoms with van der Waals surface area (Å²) in [6.07, 6.45) is 6.85. The van der Waals surface area contributed by atoms with Gasteiger partial charge in [-0.05, 0) is 44.7 Å². The third-order valence-electron chi connectivity index (χ3n) is 6.89. The Morgan fingerprint density at radius 3 is 1.41 bits per heavy atom. The molecule has 44 heavy (non-hydrogen) atoms. The average Bonchev–Trinajstić information content (AvgIpc) is 2.96. The van der Waals surface area contributed by atoms with Crippen molar-refractivity contribution >= 4 is 24.0 Å². The lowest BCUT2D eigenvalue weighted by Crippen LogP contribution is -2.49. The van der Waals surface area contributed by atoms with E-state index >= 15 is 0 Å². The van der Waals surface area contributed by atoms with Crippen molar-refractivity contribution in [1.82, 2.24) is 21.3 Å². The van der Waals surface area contributed by atoms with E-state index in [-0.39, 0.29) is 11.8 Å². The van der Waals surface area contributed by atoms with Crippen LogP contribution in [0.3, 0.4) is 0 Å². The van der Waals surface area contributed by atoms with Crippen molar-refractivity contribution in [2.24, 2.45) is 0 Å². The Labute approximate surface area is 261 Å². The van der Waals surface area contributed by atoms with Crippen molar-refractivity contribution in [1.29, 1.82) is 0 Å². The van der Waals surface area contributed by atoms with Gasteiger partial charge >= 0.3 is 12.2 Å². The van der Waals surface area contributed by atoms with E-state index < -0.39 is 29.9 Å². The molecule has 0 radical (unpaired) electrons. The maximum atomic E-state index is 12.9. The first-order valence-electron chi connectivity index (χ1n) is 15.7. The molecule has 0 unspecified atom stereocenters. The van der Waals surface area contributed by atoms with E-state index in [2.05, 4.69) is 21.3 Å². The summed E-state index contributed by atoms with van der Waals surface area (Å²) in [7, 11) is 0. The average molecular weight is 611 g/mol. The van der Waals surface area contributed by atoms with Crippen LogP contribution in [0.4, 0.5) is 9.59 Å². The lowest BCUT2D eigenvalue weighted by Gasteiger charge is -2.23. The fourth-order valence-electron chi connectivity index (χ4n) is 4.70. The van der Waals surface area contributed by atoms with E-state index in [9.17, 15) is 19.2 Å². The summed E-state index contributed by atoms with van der Waals surface area (Å²) < 4.78 is 5.35. The second-order valence-electron chi connectivity index (χ2n) is 12.0. The quantitative estimate of drug-likeness (QED) is 0.136. The van der Waals surface area contributed by atoms with Gasteiger partial charge in [0.1, 0.15) is 17.7 Å². The largest absolute Gasteiger partial charge is 0.465 e. The predicted octanol–water partition coefficient (Wildman–Crippen LogP) is 5.35. The molecule has 242 valence electrons. The first-order valence-corrected chi connectivity index (χ1v) is 15.7. The van der Waals surface area contributed by atoms with Crippen LogP contribution in [0.25, 0.3) is 0 Å². The molecule has 0 aliphatic rings. The van der Waals surface area contributed by atoms with Gasteiger partial charge in [-0.2, -0.15) is 0 Å². The van der Waals surface area contributed by atoms with E-state index in [1.54, 1.807) is 20.8 Å². The van der Waals surface area contributed by atoms with Gasteiger partial charge in [-0.15, -0.1) is 0 Å². The first kappa shape index (κ1) is 36.1. The number of carboxylic acid groups (broad SMARTS) is 1. The van der Waals surface area contributed by atoms with Gasteiger partial charge in [0, 0.05) is 25.9 Å². The summed E-state index contributed by atoms with van der Waals surface area (Å²) in [6.45, 7) is 6.41. The van der Waals surface area contributed by atoms with E-state index in [0.29, 0.717) is 25.9 Å². The maximum Gasteiger partial charge on any atom is 0.408 e. The molecule has 2 aromatic rings. The van der Waals surface area contributed by atoms with Crippen molar-refractivity contribution in [3.63, 3.8) is 0 Å². The van der Waals surface area contributed by atoms with Crippen molar-refractivity contribution in [2.45, 2.75) is 103 Å².